The highest BCUT2D eigenvalue weighted by Gasteiger charge is 2.31. The lowest BCUT2D eigenvalue weighted by molar-refractivity contribution is 0.0701. The zero-order valence-electron chi connectivity index (χ0n) is 16.3. The Kier molecular flexibility index (Phi) is 5.34. The molecule has 0 radical (unpaired) electrons. The summed E-state index contributed by atoms with van der Waals surface area (Å²) >= 11 is 0. The Labute approximate surface area is 167 Å². The second-order valence-electron chi connectivity index (χ2n) is 7.65. The average molecular weight is 403 g/mol. The Morgan fingerprint density at radius 1 is 1.03 bits per heavy atom. The standard InChI is InChI=1S/C21H23F2N3O3/c1-13-18(21(28)25-8-2-3-9-25)24-19(29-13)14-6-10-26(11-7-14)20(27)16-5-4-15(22)12-17(16)23/h4-5,12,14H,2-3,6-11H2,1H3. The summed E-state index contributed by atoms with van der Waals surface area (Å²) in [5.41, 5.74) is 0.240. The molecule has 0 bridgehead atoms. The van der Waals surface area contributed by atoms with Crippen LogP contribution in [0.4, 0.5) is 8.78 Å². The molecule has 2 aliphatic rings. The van der Waals surface area contributed by atoms with E-state index in [1.807, 2.05) is 0 Å². The van der Waals surface area contributed by atoms with Gasteiger partial charge in [-0.1, -0.05) is 0 Å². The first-order valence-corrected chi connectivity index (χ1v) is 9.95. The third kappa shape index (κ3) is 3.88. The zero-order chi connectivity index (χ0) is 20.5. The fraction of sp³-hybridized carbons (Fsp3) is 0.476. The molecule has 2 saturated heterocycles. The van der Waals surface area contributed by atoms with Crippen LogP contribution in [0.15, 0.2) is 22.6 Å². The molecule has 0 atom stereocenters. The van der Waals surface area contributed by atoms with Gasteiger partial charge in [-0.3, -0.25) is 9.59 Å². The van der Waals surface area contributed by atoms with Crippen molar-refractivity contribution in [3.63, 3.8) is 0 Å². The molecule has 6 nitrogen and oxygen atoms in total. The van der Waals surface area contributed by atoms with Crippen LogP contribution in [0.25, 0.3) is 0 Å². The maximum absolute atomic E-state index is 13.9. The highest BCUT2D eigenvalue weighted by molar-refractivity contribution is 5.94. The molecule has 0 aliphatic carbocycles. The number of halogens is 2. The average Bonchev–Trinajstić information content (AvgIpc) is 3.37. The van der Waals surface area contributed by atoms with E-state index >= 15 is 0 Å². The van der Waals surface area contributed by atoms with Crippen LogP contribution in [0.2, 0.25) is 0 Å². The lowest BCUT2D eigenvalue weighted by Crippen LogP contribution is -2.38. The zero-order valence-corrected chi connectivity index (χ0v) is 16.3. The van der Waals surface area contributed by atoms with Gasteiger partial charge in [0.25, 0.3) is 11.8 Å². The SMILES string of the molecule is Cc1oc(C2CCN(C(=O)c3ccc(F)cc3F)CC2)nc1C(=O)N1CCCC1. The van der Waals surface area contributed by atoms with Crippen LogP contribution >= 0.6 is 0 Å². The van der Waals surface area contributed by atoms with Gasteiger partial charge < -0.3 is 14.2 Å². The lowest BCUT2D eigenvalue weighted by atomic mass is 9.96. The molecule has 154 valence electrons. The number of aryl methyl sites for hydroxylation is 1. The molecular formula is C21H23F2N3O3. The van der Waals surface area contributed by atoms with Gasteiger partial charge in [0.1, 0.15) is 17.4 Å². The second-order valence-corrected chi connectivity index (χ2v) is 7.65. The number of benzene rings is 1. The third-order valence-corrected chi connectivity index (χ3v) is 5.70. The molecule has 2 aromatic rings. The van der Waals surface area contributed by atoms with Gasteiger partial charge in [0.15, 0.2) is 11.6 Å². The van der Waals surface area contributed by atoms with Crippen molar-refractivity contribution in [1.82, 2.24) is 14.8 Å². The molecule has 29 heavy (non-hydrogen) atoms. The van der Waals surface area contributed by atoms with E-state index in [9.17, 15) is 18.4 Å². The van der Waals surface area contributed by atoms with E-state index in [2.05, 4.69) is 4.98 Å². The molecule has 1 aromatic carbocycles. The minimum atomic E-state index is -0.856. The minimum absolute atomic E-state index is 0.00376. The van der Waals surface area contributed by atoms with Crippen molar-refractivity contribution in [1.29, 1.82) is 0 Å². The molecule has 2 amide bonds. The smallest absolute Gasteiger partial charge is 0.276 e. The Morgan fingerprint density at radius 2 is 1.69 bits per heavy atom. The summed E-state index contributed by atoms with van der Waals surface area (Å²) in [6.45, 7) is 4.08. The number of hydrogen-bond acceptors (Lipinski definition) is 4. The quantitative estimate of drug-likeness (QED) is 0.787. The van der Waals surface area contributed by atoms with Crippen molar-refractivity contribution in [2.75, 3.05) is 26.2 Å². The van der Waals surface area contributed by atoms with E-state index in [4.69, 9.17) is 4.42 Å². The maximum Gasteiger partial charge on any atom is 0.276 e. The summed E-state index contributed by atoms with van der Waals surface area (Å²) in [7, 11) is 0. The van der Waals surface area contributed by atoms with Crippen molar-refractivity contribution in [2.24, 2.45) is 0 Å². The Balaban J connectivity index is 1.41. The molecule has 3 heterocycles. The molecule has 2 aliphatic heterocycles. The summed E-state index contributed by atoms with van der Waals surface area (Å²) in [6, 6.07) is 2.97. The first-order valence-electron chi connectivity index (χ1n) is 9.95. The van der Waals surface area contributed by atoms with Gasteiger partial charge >= 0.3 is 0 Å². The van der Waals surface area contributed by atoms with E-state index in [1.54, 1.807) is 16.7 Å². The van der Waals surface area contributed by atoms with Gasteiger partial charge in [0.05, 0.1) is 5.56 Å². The summed E-state index contributed by atoms with van der Waals surface area (Å²) in [4.78, 5) is 33.0. The molecule has 8 heteroatoms. The number of piperidine rings is 1. The van der Waals surface area contributed by atoms with Crippen LogP contribution in [0.3, 0.4) is 0 Å². The Morgan fingerprint density at radius 3 is 2.34 bits per heavy atom. The maximum atomic E-state index is 13.9. The van der Waals surface area contributed by atoms with E-state index in [0.717, 1.165) is 32.0 Å². The summed E-state index contributed by atoms with van der Waals surface area (Å²) < 4.78 is 32.8. The molecule has 2 fully saturated rings. The van der Waals surface area contributed by atoms with Crippen LogP contribution < -0.4 is 0 Å². The van der Waals surface area contributed by atoms with E-state index in [-0.39, 0.29) is 17.4 Å². The molecule has 1 aromatic heterocycles. The number of carbonyl (C=O) groups excluding carboxylic acids is 2. The van der Waals surface area contributed by atoms with Gasteiger partial charge in [0, 0.05) is 38.2 Å². The molecule has 0 N–H and O–H groups in total. The fourth-order valence-electron chi connectivity index (χ4n) is 4.02. The molecular weight excluding hydrogens is 380 g/mol. The van der Waals surface area contributed by atoms with Crippen molar-refractivity contribution >= 4 is 11.8 Å². The largest absolute Gasteiger partial charge is 0.445 e. The van der Waals surface area contributed by atoms with Crippen molar-refractivity contribution in [3.05, 3.63) is 52.7 Å². The second kappa shape index (κ2) is 7.93. The van der Waals surface area contributed by atoms with Gasteiger partial charge in [-0.15, -0.1) is 0 Å². The van der Waals surface area contributed by atoms with Gasteiger partial charge in [0.2, 0.25) is 0 Å². The highest BCUT2D eigenvalue weighted by Crippen LogP contribution is 2.30. The van der Waals surface area contributed by atoms with Crippen molar-refractivity contribution in [2.45, 2.75) is 38.5 Å². The number of hydrogen-bond donors (Lipinski definition) is 0. The molecule has 4 rings (SSSR count). The molecule has 0 unspecified atom stereocenters. The van der Waals surface area contributed by atoms with Gasteiger partial charge in [-0.2, -0.15) is 0 Å². The fourth-order valence-corrected chi connectivity index (χ4v) is 4.02. The first-order chi connectivity index (χ1) is 13.9. The Bertz CT molecular complexity index is 929. The van der Waals surface area contributed by atoms with Crippen molar-refractivity contribution in [3.8, 4) is 0 Å². The van der Waals surface area contributed by atoms with E-state index < -0.39 is 17.5 Å². The van der Waals surface area contributed by atoms with Crippen LogP contribution in [0.5, 0.6) is 0 Å². The predicted octanol–water partition coefficient (Wildman–Crippen LogP) is 3.52. The van der Waals surface area contributed by atoms with E-state index in [1.165, 1.54) is 6.07 Å². The highest BCUT2D eigenvalue weighted by atomic mass is 19.1. The number of amides is 2. The van der Waals surface area contributed by atoms with E-state index in [0.29, 0.717) is 49.3 Å². The number of rotatable bonds is 3. The monoisotopic (exact) mass is 403 g/mol. The van der Waals surface area contributed by atoms with Crippen LogP contribution in [0.1, 0.15) is 64.1 Å². The summed E-state index contributed by atoms with van der Waals surface area (Å²) in [5.74, 6) is -1.07. The Hall–Kier alpha value is -2.77. The molecule has 0 spiro atoms. The van der Waals surface area contributed by atoms with Gasteiger partial charge in [-0.25, -0.2) is 13.8 Å². The summed E-state index contributed by atoms with van der Waals surface area (Å²) in [5, 5.41) is 0. The van der Waals surface area contributed by atoms with Crippen LogP contribution in [-0.4, -0.2) is 52.8 Å². The van der Waals surface area contributed by atoms with Gasteiger partial charge in [-0.05, 0) is 44.7 Å². The third-order valence-electron chi connectivity index (χ3n) is 5.70. The van der Waals surface area contributed by atoms with Crippen molar-refractivity contribution < 1.29 is 22.8 Å². The number of aromatic nitrogens is 1. The number of likely N-dealkylation sites (tertiary alicyclic amines) is 2. The summed E-state index contributed by atoms with van der Waals surface area (Å²) in [6.07, 6.45) is 3.23. The normalized spacial score (nSPS) is 17.8. The topological polar surface area (TPSA) is 66.7 Å². The number of oxazole rings is 1. The molecule has 0 saturated carbocycles. The lowest BCUT2D eigenvalue weighted by Gasteiger charge is -2.30. The predicted molar refractivity (Wildman–Crippen MR) is 101 cm³/mol. The number of carbonyl (C=O) groups is 2. The first kappa shape index (κ1) is 19.5. The van der Waals surface area contributed by atoms with Crippen LogP contribution in [-0.2, 0) is 0 Å². The minimum Gasteiger partial charge on any atom is -0.445 e. The van der Waals surface area contributed by atoms with Crippen LogP contribution in [0, 0.1) is 18.6 Å². The number of nitrogens with zero attached hydrogens (tertiary/aromatic N) is 3.